The van der Waals surface area contributed by atoms with E-state index in [-0.39, 0.29) is 17.9 Å². The molecule has 1 aromatic heterocycles. The number of hydrogen-bond acceptors (Lipinski definition) is 4. The van der Waals surface area contributed by atoms with Crippen LogP contribution in [-0.4, -0.2) is 38.2 Å². The molecule has 1 aromatic rings. The molecule has 17 heavy (non-hydrogen) atoms. The molecule has 1 aliphatic heterocycles. The standard InChI is InChI=1S/C11H17N5O/c12-9-3-1-2-8(9)11(17)15-4-5-16-7-13-14-10(16)6-15/h7-9H,1-6,12H2. The molecule has 0 radical (unpaired) electrons. The van der Waals surface area contributed by atoms with E-state index in [1.807, 2.05) is 9.47 Å². The molecular formula is C11H17N5O. The Labute approximate surface area is 99.8 Å². The third-order valence-corrected chi connectivity index (χ3v) is 3.84. The van der Waals surface area contributed by atoms with Gasteiger partial charge in [0.1, 0.15) is 6.33 Å². The van der Waals surface area contributed by atoms with Crippen LogP contribution in [0.15, 0.2) is 6.33 Å². The van der Waals surface area contributed by atoms with Crippen LogP contribution in [0.1, 0.15) is 25.1 Å². The van der Waals surface area contributed by atoms with Gasteiger partial charge in [-0.05, 0) is 12.8 Å². The highest BCUT2D eigenvalue weighted by Gasteiger charge is 2.34. The number of carbonyl (C=O) groups excluding carboxylic acids is 1. The lowest BCUT2D eigenvalue weighted by Crippen LogP contribution is -2.45. The molecule has 2 unspecified atom stereocenters. The molecule has 6 heteroatoms. The third kappa shape index (κ3) is 1.82. The molecule has 6 nitrogen and oxygen atoms in total. The number of aromatic nitrogens is 3. The van der Waals surface area contributed by atoms with Gasteiger partial charge in [-0.2, -0.15) is 0 Å². The number of nitrogens with zero attached hydrogens (tertiary/aromatic N) is 4. The Morgan fingerprint density at radius 3 is 3.06 bits per heavy atom. The van der Waals surface area contributed by atoms with Crippen LogP contribution in [0, 0.1) is 5.92 Å². The molecule has 92 valence electrons. The summed E-state index contributed by atoms with van der Waals surface area (Å²) in [5.74, 6) is 1.09. The summed E-state index contributed by atoms with van der Waals surface area (Å²) in [6, 6.07) is 0.0438. The van der Waals surface area contributed by atoms with E-state index in [0.29, 0.717) is 6.54 Å². The Bertz CT molecular complexity index is 429. The molecule has 2 aliphatic rings. The van der Waals surface area contributed by atoms with Crippen molar-refractivity contribution >= 4 is 5.91 Å². The van der Waals surface area contributed by atoms with Crippen molar-refractivity contribution in [2.45, 2.75) is 38.4 Å². The molecule has 3 rings (SSSR count). The average Bonchev–Trinajstić information content (AvgIpc) is 2.95. The van der Waals surface area contributed by atoms with E-state index in [4.69, 9.17) is 5.73 Å². The number of rotatable bonds is 1. The van der Waals surface area contributed by atoms with Crippen LogP contribution in [0.3, 0.4) is 0 Å². The van der Waals surface area contributed by atoms with Crippen LogP contribution in [0.25, 0.3) is 0 Å². The maximum atomic E-state index is 12.3. The highest BCUT2D eigenvalue weighted by molar-refractivity contribution is 5.80. The van der Waals surface area contributed by atoms with Gasteiger partial charge in [-0.25, -0.2) is 0 Å². The summed E-state index contributed by atoms with van der Waals surface area (Å²) in [6.45, 7) is 2.10. The summed E-state index contributed by atoms with van der Waals surface area (Å²) in [4.78, 5) is 14.2. The van der Waals surface area contributed by atoms with Gasteiger partial charge in [0.25, 0.3) is 0 Å². The summed E-state index contributed by atoms with van der Waals surface area (Å²) >= 11 is 0. The van der Waals surface area contributed by atoms with E-state index in [2.05, 4.69) is 10.2 Å². The van der Waals surface area contributed by atoms with Crippen molar-refractivity contribution in [1.82, 2.24) is 19.7 Å². The highest BCUT2D eigenvalue weighted by Crippen LogP contribution is 2.27. The van der Waals surface area contributed by atoms with Gasteiger partial charge in [-0.15, -0.1) is 10.2 Å². The summed E-state index contributed by atoms with van der Waals surface area (Å²) in [6.07, 6.45) is 4.70. The molecule has 0 spiro atoms. The molecular weight excluding hydrogens is 218 g/mol. The second kappa shape index (κ2) is 4.10. The van der Waals surface area contributed by atoms with Crippen LogP contribution >= 0.6 is 0 Å². The van der Waals surface area contributed by atoms with Gasteiger partial charge in [0.05, 0.1) is 12.5 Å². The normalized spacial score (nSPS) is 28.2. The van der Waals surface area contributed by atoms with Crippen molar-refractivity contribution in [2.75, 3.05) is 6.54 Å². The fourth-order valence-corrected chi connectivity index (χ4v) is 2.78. The smallest absolute Gasteiger partial charge is 0.227 e. The van der Waals surface area contributed by atoms with Crippen molar-refractivity contribution < 1.29 is 4.79 Å². The van der Waals surface area contributed by atoms with Crippen molar-refractivity contribution in [3.05, 3.63) is 12.2 Å². The molecule has 2 atom stereocenters. The maximum Gasteiger partial charge on any atom is 0.227 e. The van der Waals surface area contributed by atoms with Gasteiger partial charge in [0, 0.05) is 19.1 Å². The van der Waals surface area contributed by atoms with Crippen molar-refractivity contribution in [1.29, 1.82) is 0 Å². The van der Waals surface area contributed by atoms with Crippen LogP contribution in [0.4, 0.5) is 0 Å². The van der Waals surface area contributed by atoms with E-state index in [1.165, 1.54) is 0 Å². The van der Waals surface area contributed by atoms with Gasteiger partial charge < -0.3 is 15.2 Å². The largest absolute Gasteiger partial charge is 0.333 e. The maximum absolute atomic E-state index is 12.3. The van der Waals surface area contributed by atoms with E-state index < -0.39 is 0 Å². The topological polar surface area (TPSA) is 77.0 Å². The molecule has 0 saturated heterocycles. The summed E-state index contributed by atoms with van der Waals surface area (Å²) in [7, 11) is 0. The minimum atomic E-state index is 0.0180. The van der Waals surface area contributed by atoms with Crippen molar-refractivity contribution in [3.63, 3.8) is 0 Å². The minimum Gasteiger partial charge on any atom is -0.333 e. The van der Waals surface area contributed by atoms with Crippen LogP contribution < -0.4 is 5.73 Å². The number of nitrogens with two attached hydrogens (primary N) is 1. The predicted molar refractivity (Wildman–Crippen MR) is 60.8 cm³/mol. The second-order valence-corrected chi connectivity index (χ2v) is 4.90. The molecule has 2 N–H and O–H groups in total. The third-order valence-electron chi connectivity index (χ3n) is 3.84. The second-order valence-electron chi connectivity index (χ2n) is 4.90. The summed E-state index contributed by atoms with van der Waals surface area (Å²) < 4.78 is 2.00. The van der Waals surface area contributed by atoms with Gasteiger partial charge in [-0.3, -0.25) is 4.79 Å². The number of fused-ring (bicyclic) bond motifs is 1. The Morgan fingerprint density at radius 2 is 2.29 bits per heavy atom. The minimum absolute atomic E-state index is 0.0180. The van der Waals surface area contributed by atoms with Crippen molar-refractivity contribution in [3.8, 4) is 0 Å². The summed E-state index contributed by atoms with van der Waals surface area (Å²) in [5.41, 5.74) is 5.98. The monoisotopic (exact) mass is 235 g/mol. The van der Waals surface area contributed by atoms with Crippen LogP contribution in [0.2, 0.25) is 0 Å². The van der Waals surface area contributed by atoms with Gasteiger partial charge in [0.15, 0.2) is 5.82 Å². The fourth-order valence-electron chi connectivity index (χ4n) is 2.78. The van der Waals surface area contributed by atoms with Gasteiger partial charge in [0.2, 0.25) is 5.91 Å². The molecule has 1 aliphatic carbocycles. The first-order valence-corrected chi connectivity index (χ1v) is 6.17. The zero-order valence-electron chi connectivity index (χ0n) is 9.75. The zero-order chi connectivity index (χ0) is 11.8. The SMILES string of the molecule is NC1CCCC1C(=O)N1CCn2cnnc2C1. The first-order chi connectivity index (χ1) is 8.25. The molecule has 0 bridgehead atoms. The lowest BCUT2D eigenvalue weighted by Gasteiger charge is -2.30. The molecule has 1 saturated carbocycles. The van der Waals surface area contributed by atoms with E-state index >= 15 is 0 Å². The van der Waals surface area contributed by atoms with Crippen LogP contribution in [0.5, 0.6) is 0 Å². The van der Waals surface area contributed by atoms with Gasteiger partial charge in [-0.1, -0.05) is 6.42 Å². The van der Waals surface area contributed by atoms with E-state index in [9.17, 15) is 4.79 Å². The first kappa shape index (κ1) is 10.7. The molecule has 0 aromatic carbocycles. The van der Waals surface area contributed by atoms with Crippen molar-refractivity contribution in [2.24, 2.45) is 11.7 Å². The number of carbonyl (C=O) groups is 1. The van der Waals surface area contributed by atoms with Gasteiger partial charge >= 0.3 is 0 Å². The number of amides is 1. The predicted octanol–water partition coefficient (Wildman–Crippen LogP) is -0.252. The Morgan fingerprint density at radius 1 is 1.41 bits per heavy atom. The van der Waals surface area contributed by atoms with Crippen LogP contribution in [-0.2, 0) is 17.9 Å². The van der Waals surface area contributed by atoms with E-state index in [0.717, 1.165) is 38.2 Å². The fraction of sp³-hybridized carbons (Fsp3) is 0.727. The quantitative estimate of drug-likeness (QED) is 0.728. The number of hydrogen-bond donors (Lipinski definition) is 1. The summed E-state index contributed by atoms with van der Waals surface area (Å²) in [5, 5.41) is 7.88. The first-order valence-electron chi connectivity index (χ1n) is 6.17. The Hall–Kier alpha value is -1.43. The molecule has 1 fully saturated rings. The van der Waals surface area contributed by atoms with E-state index in [1.54, 1.807) is 6.33 Å². The lowest BCUT2D eigenvalue weighted by atomic mass is 10.0. The highest BCUT2D eigenvalue weighted by atomic mass is 16.2. The Balaban J connectivity index is 1.72. The molecule has 2 heterocycles. The average molecular weight is 235 g/mol. The molecule has 1 amide bonds. The lowest BCUT2D eigenvalue weighted by molar-refractivity contribution is -0.137. The zero-order valence-corrected chi connectivity index (χ0v) is 9.75. The Kier molecular flexibility index (Phi) is 2.58.